The molecule has 0 aromatic heterocycles. The molecule has 1 fully saturated rings. The van der Waals surface area contributed by atoms with Gasteiger partial charge < -0.3 is 15.2 Å². The van der Waals surface area contributed by atoms with Crippen LogP contribution in [0.4, 0.5) is 11.4 Å². The zero-order chi connectivity index (χ0) is 13.9. The molecule has 0 radical (unpaired) electrons. The van der Waals surface area contributed by atoms with Crippen LogP contribution < -0.4 is 5.32 Å². The molecule has 1 saturated heterocycles. The van der Waals surface area contributed by atoms with Crippen LogP contribution in [0.3, 0.4) is 0 Å². The number of nitro groups is 1. The van der Waals surface area contributed by atoms with Gasteiger partial charge in [0, 0.05) is 13.2 Å². The molecule has 1 heterocycles. The second kappa shape index (κ2) is 5.73. The van der Waals surface area contributed by atoms with E-state index >= 15 is 0 Å². The highest BCUT2D eigenvalue weighted by atomic mass is 35.5. The maximum absolute atomic E-state index is 11.1. The predicted octanol–water partition coefficient (Wildman–Crippen LogP) is 2.20. The highest BCUT2D eigenvalue weighted by Gasteiger charge is 2.34. The van der Waals surface area contributed by atoms with Crippen molar-refractivity contribution >= 4 is 23.0 Å². The van der Waals surface area contributed by atoms with Crippen LogP contribution in [-0.4, -0.2) is 35.4 Å². The fourth-order valence-electron chi connectivity index (χ4n) is 2.17. The fraction of sp³-hybridized carbons (Fsp3) is 0.500. The van der Waals surface area contributed by atoms with E-state index in [0.717, 1.165) is 0 Å². The number of hydrogen-bond donors (Lipinski definition) is 2. The lowest BCUT2D eigenvalue weighted by molar-refractivity contribution is -0.383. The number of aliphatic hydroxyl groups excluding tert-OH is 1. The number of para-hydroxylation sites is 1. The Balaban J connectivity index is 2.31. The Bertz CT molecular complexity index is 475. The van der Waals surface area contributed by atoms with E-state index in [2.05, 4.69) is 5.32 Å². The summed E-state index contributed by atoms with van der Waals surface area (Å²) in [6, 6.07) is 4.71. The number of nitrogens with one attached hydrogen (secondary N) is 1. The highest BCUT2D eigenvalue weighted by Crippen LogP contribution is 2.35. The molecule has 7 heteroatoms. The molecule has 0 spiro atoms. The normalized spacial score (nSPS) is 18.0. The fourth-order valence-corrected chi connectivity index (χ4v) is 2.42. The lowest BCUT2D eigenvalue weighted by Gasteiger charge is -2.37. The van der Waals surface area contributed by atoms with E-state index in [-0.39, 0.29) is 17.3 Å². The molecule has 1 aliphatic heterocycles. The van der Waals surface area contributed by atoms with E-state index in [1.807, 2.05) is 0 Å². The van der Waals surface area contributed by atoms with Gasteiger partial charge in [-0.2, -0.15) is 0 Å². The highest BCUT2D eigenvalue weighted by molar-refractivity contribution is 6.33. The number of nitrogens with zero attached hydrogens (tertiary/aromatic N) is 1. The number of hydrogen-bond acceptors (Lipinski definition) is 5. The first kappa shape index (κ1) is 14.0. The van der Waals surface area contributed by atoms with Crippen LogP contribution in [0, 0.1) is 10.1 Å². The van der Waals surface area contributed by atoms with E-state index < -0.39 is 10.5 Å². The first-order valence-corrected chi connectivity index (χ1v) is 6.35. The Morgan fingerprint density at radius 1 is 1.47 bits per heavy atom. The maximum atomic E-state index is 11.1. The Morgan fingerprint density at radius 3 is 2.74 bits per heavy atom. The Kier molecular flexibility index (Phi) is 4.24. The molecule has 0 unspecified atom stereocenters. The molecule has 2 rings (SSSR count). The van der Waals surface area contributed by atoms with Gasteiger partial charge in [-0.15, -0.1) is 0 Å². The SMILES string of the molecule is O=[N+]([O-])c1c(Cl)cccc1NC1(CO)CCOCC1. The van der Waals surface area contributed by atoms with Gasteiger partial charge in [0.1, 0.15) is 10.7 Å². The summed E-state index contributed by atoms with van der Waals surface area (Å²) in [6.07, 6.45) is 1.18. The molecule has 0 saturated carbocycles. The Hall–Kier alpha value is -1.37. The molecule has 6 nitrogen and oxygen atoms in total. The summed E-state index contributed by atoms with van der Waals surface area (Å²) in [7, 11) is 0. The van der Waals surface area contributed by atoms with Crippen molar-refractivity contribution in [3.8, 4) is 0 Å². The third kappa shape index (κ3) is 2.97. The zero-order valence-electron chi connectivity index (χ0n) is 10.3. The summed E-state index contributed by atoms with van der Waals surface area (Å²) >= 11 is 5.86. The second-order valence-electron chi connectivity index (χ2n) is 4.57. The summed E-state index contributed by atoms with van der Waals surface area (Å²) in [5.41, 5.74) is -0.426. The van der Waals surface area contributed by atoms with Gasteiger partial charge in [0.25, 0.3) is 0 Å². The quantitative estimate of drug-likeness (QED) is 0.655. The summed E-state index contributed by atoms with van der Waals surface area (Å²) in [5.74, 6) is 0. The largest absolute Gasteiger partial charge is 0.394 e. The minimum Gasteiger partial charge on any atom is -0.394 e. The summed E-state index contributed by atoms with van der Waals surface area (Å²) in [5, 5.41) is 23.8. The van der Waals surface area contributed by atoms with Crippen molar-refractivity contribution in [2.75, 3.05) is 25.1 Å². The Labute approximate surface area is 115 Å². The average molecular weight is 287 g/mol. The molecule has 0 aliphatic carbocycles. The number of nitro benzene ring substituents is 1. The van der Waals surface area contributed by atoms with E-state index in [1.165, 1.54) is 6.07 Å². The van der Waals surface area contributed by atoms with Crippen LogP contribution >= 0.6 is 11.6 Å². The van der Waals surface area contributed by atoms with Gasteiger partial charge in [-0.3, -0.25) is 10.1 Å². The van der Waals surface area contributed by atoms with Crippen molar-refractivity contribution in [2.24, 2.45) is 0 Å². The van der Waals surface area contributed by atoms with Gasteiger partial charge in [-0.1, -0.05) is 17.7 Å². The van der Waals surface area contributed by atoms with Crippen molar-refractivity contribution in [3.63, 3.8) is 0 Å². The van der Waals surface area contributed by atoms with E-state index in [4.69, 9.17) is 16.3 Å². The van der Waals surface area contributed by atoms with Gasteiger partial charge in [0.2, 0.25) is 0 Å². The number of ether oxygens (including phenoxy) is 1. The monoisotopic (exact) mass is 286 g/mol. The molecular formula is C12H15ClN2O4. The summed E-state index contributed by atoms with van der Waals surface area (Å²) < 4.78 is 5.25. The number of benzene rings is 1. The van der Waals surface area contributed by atoms with Crippen LogP contribution in [0.25, 0.3) is 0 Å². The van der Waals surface area contributed by atoms with Crippen LogP contribution in [0.5, 0.6) is 0 Å². The number of halogens is 1. The van der Waals surface area contributed by atoms with Crippen LogP contribution in [0.15, 0.2) is 18.2 Å². The maximum Gasteiger partial charge on any atom is 0.310 e. The van der Waals surface area contributed by atoms with Gasteiger partial charge >= 0.3 is 5.69 Å². The van der Waals surface area contributed by atoms with Crippen LogP contribution in [-0.2, 0) is 4.74 Å². The Morgan fingerprint density at radius 2 is 2.16 bits per heavy atom. The van der Waals surface area contributed by atoms with E-state index in [9.17, 15) is 15.2 Å². The topological polar surface area (TPSA) is 84.6 Å². The molecule has 104 valence electrons. The number of aliphatic hydroxyl groups is 1. The molecule has 1 aliphatic rings. The standard InChI is InChI=1S/C12H15ClN2O4/c13-9-2-1-3-10(11(9)15(17)18)14-12(8-16)4-6-19-7-5-12/h1-3,14,16H,4-8H2. The van der Waals surface area contributed by atoms with Gasteiger partial charge in [0.05, 0.1) is 17.1 Å². The van der Waals surface area contributed by atoms with Crippen molar-refractivity contribution in [2.45, 2.75) is 18.4 Å². The molecule has 2 N–H and O–H groups in total. The first-order valence-electron chi connectivity index (χ1n) is 5.98. The summed E-state index contributed by atoms with van der Waals surface area (Å²) in [6.45, 7) is 0.921. The zero-order valence-corrected chi connectivity index (χ0v) is 11.0. The van der Waals surface area contributed by atoms with Crippen molar-refractivity contribution < 1.29 is 14.8 Å². The third-order valence-corrected chi connectivity index (χ3v) is 3.63. The molecule has 1 aromatic carbocycles. The van der Waals surface area contributed by atoms with Gasteiger partial charge in [-0.25, -0.2) is 0 Å². The molecule has 0 atom stereocenters. The molecule has 1 aromatic rings. The van der Waals surface area contributed by atoms with Crippen molar-refractivity contribution in [1.82, 2.24) is 0 Å². The molecule has 19 heavy (non-hydrogen) atoms. The van der Waals surface area contributed by atoms with Gasteiger partial charge in [-0.05, 0) is 25.0 Å². The van der Waals surface area contributed by atoms with Crippen LogP contribution in [0.2, 0.25) is 5.02 Å². The van der Waals surface area contributed by atoms with E-state index in [1.54, 1.807) is 12.1 Å². The summed E-state index contributed by atoms with van der Waals surface area (Å²) in [4.78, 5) is 10.6. The predicted molar refractivity (Wildman–Crippen MR) is 71.6 cm³/mol. The first-order chi connectivity index (χ1) is 9.08. The number of anilines is 1. The molecule has 0 amide bonds. The molecule has 0 bridgehead atoms. The lowest BCUT2D eigenvalue weighted by atomic mass is 9.90. The third-order valence-electron chi connectivity index (χ3n) is 3.32. The minimum absolute atomic E-state index is 0.0788. The van der Waals surface area contributed by atoms with Crippen molar-refractivity contribution in [3.05, 3.63) is 33.3 Å². The van der Waals surface area contributed by atoms with Gasteiger partial charge in [0.15, 0.2) is 0 Å². The smallest absolute Gasteiger partial charge is 0.310 e. The lowest BCUT2D eigenvalue weighted by Crippen LogP contribution is -2.47. The molecular weight excluding hydrogens is 272 g/mol. The van der Waals surface area contributed by atoms with Crippen LogP contribution in [0.1, 0.15) is 12.8 Å². The minimum atomic E-state index is -0.590. The second-order valence-corrected chi connectivity index (χ2v) is 4.98. The van der Waals surface area contributed by atoms with Crippen molar-refractivity contribution in [1.29, 1.82) is 0 Å². The number of rotatable bonds is 4. The van der Waals surface area contributed by atoms with E-state index in [0.29, 0.717) is 31.7 Å². The average Bonchev–Trinajstić information content (AvgIpc) is 2.39.